The highest BCUT2D eigenvalue weighted by Crippen LogP contribution is 2.02. The molecule has 0 saturated carbocycles. The number of aromatic nitrogens is 2. The third-order valence-corrected chi connectivity index (χ3v) is 1.50. The first-order valence-corrected chi connectivity index (χ1v) is 3.69. The second kappa shape index (κ2) is 3.82. The van der Waals surface area contributed by atoms with Crippen LogP contribution in [0, 0.1) is 0 Å². The van der Waals surface area contributed by atoms with Gasteiger partial charge in [-0.1, -0.05) is 6.58 Å². The van der Waals surface area contributed by atoms with Crippen LogP contribution in [0.5, 0.6) is 0 Å². The first-order chi connectivity index (χ1) is 5.79. The second-order valence-corrected chi connectivity index (χ2v) is 2.31. The normalized spacial score (nSPS) is 9.75. The summed E-state index contributed by atoms with van der Waals surface area (Å²) < 4.78 is 1.44. The van der Waals surface area contributed by atoms with Crippen molar-refractivity contribution in [1.82, 2.24) is 9.78 Å². The van der Waals surface area contributed by atoms with E-state index in [0.717, 1.165) is 0 Å². The number of nitrogens with two attached hydrogens (primary N) is 1. The van der Waals surface area contributed by atoms with Crippen LogP contribution >= 0.6 is 0 Å². The SMILES string of the molecule is C=Cn1nccc1C(=O)CCN. The number of nitrogens with zero attached hydrogens (tertiary/aromatic N) is 2. The molecule has 1 heterocycles. The number of hydrogen-bond acceptors (Lipinski definition) is 3. The van der Waals surface area contributed by atoms with Crippen molar-refractivity contribution in [3.05, 3.63) is 24.5 Å². The third kappa shape index (κ3) is 1.60. The maximum Gasteiger partial charge on any atom is 0.182 e. The van der Waals surface area contributed by atoms with E-state index in [-0.39, 0.29) is 5.78 Å². The van der Waals surface area contributed by atoms with Crippen molar-refractivity contribution in [2.45, 2.75) is 6.42 Å². The Hall–Kier alpha value is -1.42. The molecule has 0 aliphatic rings. The molecule has 0 amide bonds. The molecule has 1 aromatic rings. The maximum atomic E-state index is 11.3. The molecule has 0 radical (unpaired) electrons. The van der Waals surface area contributed by atoms with Crippen LogP contribution in [0.4, 0.5) is 0 Å². The van der Waals surface area contributed by atoms with E-state index in [4.69, 9.17) is 5.73 Å². The van der Waals surface area contributed by atoms with Gasteiger partial charge in [-0.25, -0.2) is 4.68 Å². The quantitative estimate of drug-likeness (QED) is 0.661. The molecule has 4 heteroatoms. The lowest BCUT2D eigenvalue weighted by Crippen LogP contribution is -2.11. The lowest BCUT2D eigenvalue weighted by molar-refractivity contribution is 0.0978. The molecule has 0 fully saturated rings. The summed E-state index contributed by atoms with van der Waals surface area (Å²) in [6.45, 7) is 3.89. The first kappa shape index (κ1) is 8.67. The van der Waals surface area contributed by atoms with Gasteiger partial charge in [0.1, 0.15) is 5.69 Å². The van der Waals surface area contributed by atoms with Crippen LogP contribution in [0.3, 0.4) is 0 Å². The van der Waals surface area contributed by atoms with E-state index in [1.54, 1.807) is 12.3 Å². The molecule has 1 rings (SSSR count). The predicted molar refractivity (Wildman–Crippen MR) is 46.6 cm³/mol. The summed E-state index contributed by atoms with van der Waals surface area (Å²) in [5.74, 6) is -0.00472. The van der Waals surface area contributed by atoms with Crippen molar-refractivity contribution in [3.8, 4) is 0 Å². The van der Waals surface area contributed by atoms with Crippen molar-refractivity contribution < 1.29 is 4.79 Å². The summed E-state index contributed by atoms with van der Waals surface area (Å²) in [4.78, 5) is 11.3. The summed E-state index contributed by atoms with van der Waals surface area (Å²) in [6, 6.07) is 1.65. The number of rotatable bonds is 4. The van der Waals surface area contributed by atoms with E-state index in [1.807, 2.05) is 0 Å². The van der Waals surface area contributed by atoms with Gasteiger partial charge in [-0.3, -0.25) is 4.79 Å². The van der Waals surface area contributed by atoms with Crippen molar-refractivity contribution in [1.29, 1.82) is 0 Å². The Bertz CT molecular complexity index is 290. The minimum Gasteiger partial charge on any atom is -0.330 e. The molecule has 0 aliphatic carbocycles. The zero-order chi connectivity index (χ0) is 8.97. The maximum absolute atomic E-state index is 11.3. The molecule has 0 saturated heterocycles. The average molecular weight is 165 g/mol. The van der Waals surface area contributed by atoms with Crippen molar-refractivity contribution >= 4 is 12.0 Å². The van der Waals surface area contributed by atoms with Gasteiger partial charge in [0.15, 0.2) is 5.78 Å². The minimum atomic E-state index is -0.00472. The molecule has 0 unspecified atom stereocenters. The highest BCUT2D eigenvalue weighted by atomic mass is 16.1. The summed E-state index contributed by atoms with van der Waals surface area (Å²) in [7, 11) is 0. The highest BCUT2D eigenvalue weighted by molar-refractivity contribution is 5.95. The molecule has 0 aliphatic heterocycles. The number of carbonyl (C=O) groups is 1. The molecule has 0 atom stereocenters. The standard InChI is InChI=1S/C8H11N3O/c1-2-11-7(4-6-10-11)8(12)3-5-9/h2,4,6H,1,3,5,9H2. The molecule has 0 spiro atoms. The zero-order valence-electron chi connectivity index (χ0n) is 6.73. The van der Waals surface area contributed by atoms with Gasteiger partial charge in [-0.05, 0) is 12.6 Å². The molecule has 64 valence electrons. The van der Waals surface area contributed by atoms with E-state index in [9.17, 15) is 4.79 Å². The number of hydrogen-bond donors (Lipinski definition) is 1. The Balaban J connectivity index is 2.86. The summed E-state index contributed by atoms with van der Waals surface area (Å²) >= 11 is 0. The molecule has 2 N–H and O–H groups in total. The monoisotopic (exact) mass is 165 g/mol. The zero-order valence-corrected chi connectivity index (χ0v) is 6.73. The Morgan fingerprint density at radius 1 is 1.83 bits per heavy atom. The Kier molecular flexibility index (Phi) is 2.76. The highest BCUT2D eigenvalue weighted by Gasteiger charge is 2.08. The van der Waals surface area contributed by atoms with E-state index in [2.05, 4.69) is 11.7 Å². The first-order valence-electron chi connectivity index (χ1n) is 3.69. The van der Waals surface area contributed by atoms with Gasteiger partial charge in [0.25, 0.3) is 0 Å². The second-order valence-electron chi connectivity index (χ2n) is 2.31. The molecular weight excluding hydrogens is 154 g/mol. The van der Waals surface area contributed by atoms with Crippen molar-refractivity contribution in [3.63, 3.8) is 0 Å². The van der Waals surface area contributed by atoms with E-state index in [1.165, 1.54) is 10.9 Å². The molecular formula is C8H11N3O. The third-order valence-electron chi connectivity index (χ3n) is 1.50. The van der Waals surface area contributed by atoms with Gasteiger partial charge in [0.05, 0.1) is 6.20 Å². The summed E-state index contributed by atoms with van der Waals surface area (Å²) in [5, 5.41) is 3.87. The summed E-state index contributed by atoms with van der Waals surface area (Å²) in [6.07, 6.45) is 3.40. The van der Waals surface area contributed by atoms with Crippen LogP contribution in [-0.4, -0.2) is 22.1 Å². The minimum absolute atomic E-state index is 0.00472. The Morgan fingerprint density at radius 3 is 3.17 bits per heavy atom. The number of ketones is 1. The topological polar surface area (TPSA) is 60.9 Å². The fourth-order valence-corrected chi connectivity index (χ4v) is 0.940. The Labute approximate surface area is 70.7 Å². The van der Waals surface area contributed by atoms with Crippen LogP contribution in [0.15, 0.2) is 18.8 Å². The van der Waals surface area contributed by atoms with Gasteiger partial charge in [0, 0.05) is 12.6 Å². The fraction of sp³-hybridized carbons (Fsp3) is 0.250. The van der Waals surface area contributed by atoms with Gasteiger partial charge in [-0.15, -0.1) is 0 Å². The van der Waals surface area contributed by atoms with Crippen molar-refractivity contribution in [2.24, 2.45) is 5.73 Å². The van der Waals surface area contributed by atoms with Crippen LogP contribution in [0.2, 0.25) is 0 Å². The van der Waals surface area contributed by atoms with E-state index in [0.29, 0.717) is 18.7 Å². The molecule has 12 heavy (non-hydrogen) atoms. The van der Waals surface area contributed by atoms with Gasteiger partial charge >= 0.3 is 0 Å². The summed E-state index contributed by atoms with van der Waals surface area (Å²) in [5.41, 5.74) is 5.79. The van der Waals surface area contributed by atoms with Gasteiger partial charge in [-0.2, -0.15) is 5.10 Å². The molecule has 0 aromatic carbocycles. The van der Waals surface area contributed by atoms with Gasteiger partial charge < -0.3 is 5.73 Å². The largest absolute Gasteiger partial charge is 0.330 e. The van der Waals surface area contributed by atoms with Crippen LogP contribution in [0.1, 0.15) is 16.9 Å². The van der Waals surface area contributed by atoms with Crippen LogP contribution in [-0.2, 0) is 0 Å². The van der Waals surface area contributed by atoms with Gasteiger partial charge in [0.2, 0.25) is 0 Å². The average Bonchev–Trinajstić information content (AvgIpc) is 2.51. The number of Topliss-reactive ketones (excluding diaryl/α,β-unsaturated/α-hetero) is 1. The lowest BCUT2D eigenvalue weighted by Gasteiger charge is -1.98. The van der Waals surface area contributed by atoms with Crippen LogP contribution < -0.4 is 5.73 Å². The van der Waals surface area contributed by atoms with E-state index >= 15 is 0 Å². The Morgan fingerprint density at radius 2 is 2.58 bits per heavy atom. The molecule has 0 bridgehead atoms. The molecule has 1 aromatic heterocycles. The van der Waals surface area contributed by atoms with E-state index < -0.39 is 0 Å². The van der Waals surface area contributed by atoms with Crippen LogP contribution in [0.25, 0.3) is 6.20 Å². The lowest BCUT2D eigenvalue weighted by atomic mass is 10.2. The predicted octanol–water partition coefficient (Wildman–Crippen LogP) is 0.515. The molecule has 4 nitrogen and oxygen atoms in total. The van der Waals surface area contributed by atoms with Crippen molar-refractivity contribution in [2.75, 3.05) is 6.54 Å². The smallest absolute Gasteiger partial charge is 0.182 e. The fourth-order valence-electron chi connectivity index (χ4n) is 0.940. The number of carbonyl (C=O) groups excluding carboxylic acids is 1.